The molecule has 0 saturated heterocycles. The Morgan fingerprint density at radius 1 is 0.493 bits per heavy atom. The van der Waals surface area contributed by atoms with Gasteiger partial charge in [-0.1, -0.05) is 60.8 Å². The van der Waals surface area contributed by atoms with Crippen LogP contribution in [0.25, 0.3) is 20.8 Å². The van der Waals surface area contributed by atoms with Crippen molar-refractivity contribution in [3.63, 3.8) is 0 Å². The number of aromatic nitrogens is 1. The Bertz CT molecular complexity index is 2920. The second-order valence-corrected chi connectivity index (χ2v) is 17.4. The van der Waals surface area contributed by atoms with Gasteiger partial charge in [0.2, 0.25) is 0 Å². The Kier molecular flexibility index (Phi) is 20.2. The number of thiazole rings is 1. The van der Waals surface area contributed by atoms with Crippen molar-refractivity contribution >= 4 is 33.5 Å². The summed E-state index contributed by atoms with van der Waals surface area (Å²) in [5.41, 5.74) is 5.19. The molecule has 0 N–H and O–H groups in total. The van der Waals surface area contributed by atoms with E-state index >= 15 is 0 Å². The molecule has 0 fully saturated rings. The van der Waals surface area contributed by atoms with E-state index in [2.05, 4.69) is 36.8 Å². The number of esters is 2. The lowest BCUT2D eigenvalue weighted by Gasteiger charge is -2.11. The molecule has 1 aromatic heterocycles. The topological polar surface area (TPSA) is 102 Å². The number of hydrogen-bond donors (Lipinski definition) is 0. The Morgan fingerprint density at radius 2 is 0.930 bits per heavy atom. The summed E-state index contributed by atoms with van der Waals surface area (Å²) in [7, 11) is 0. The van der Waals surface area contributed by atoms with Crippen LogP contribution >= 0.6 is 11.3 Å². The first-order valence-electron chi connectivity index (χ1n) is 24.0. The molecule has 0 saturated carbocycles. The largest absolute Gasteiger partial charge is 0.494 e. The minimum atomic E-state index is -0.557. The van der Waals surface area contributed by atoms with Crippen molar-refractivity contribution in [2.75, 3.05) is 39.6 Å². The Labute approximate surface area is 421 Å². The fourth-order valence-corrected chi connectivity index (χ4v) is 8.10. The molecule has 0 amide bonds. The van der Waals surface area contributed by atoms with Crippen LogP contribution in [-0.4, -0.2) is 56.6 Å². The van der Waals surface area contributed by atoms with Crippen molar-refractivity contribution in [3.8, 4) is 57.3 Å². The minimum absolute atomic E-state index is 0.267. The van der Waals surface area contributed by atoms with Crippen molar-refractivity contribution in [3.05, 3.63) is 198 Å². The zero-order chi connectivity index (χ0) is 49.3. The number of para-hydroxylation sites is 1. The molecule has 71 heavy (non-hydrogen) atoms. The zero-order valence-corrected chi connectivity index (χ0v) is 40.7. The van der Waals surface area contributed by atoms with E-state index in [4.69, 9.17) is 33.4 Å². The van der Waals surface area contributed by atoms with E-state index in [-0.39, 0.29) is 11.5 Å². The molecule has 6 aromatic carbocycles. The van der Waals surface area contributed by atoms with Gasteiger partial charge in [-0.25, -0.2) is 14.6 Å². The molecule has 7 rings (SSSR count). The fourth-order valence-electron chi connectivity index (χ4n) is 7.11. The van der Waals surface area contributed by atoms with Gasteiger partial charge >= 0.3 is 11.9 Å². The number of unbranched alkanes of at least 4 members (excludes halogenated alkanes) is 6. The van der Waals surface area contributed by atoms with E-state index in [1.54, 1.807) is 78.9 Å². The molecule has 0 atom stereocenters. The predicted molar refractivity (Wildman–Crippen MR) is 283 cm³/mol. The van der Waals surface area contributed by atoms with Crippen molar-refractivity contribution in [2.24, 2.45) is 0 Å². The van der Waals surface area contributed by atoms with Gasteiger partial charge in [-0.2, -0.15) is 0 Å². The molecule has 0 aliphatic rings. The van der Waals surface area contributed by atoms with Gasteiger partial charge in [0, 0.05) is 35.5 Å². The summed E-state index contributed by atoms with van der Waals surface area (Å²) in [4.78, 5) is 31.8. The third-order valence-electron chi connectivity index (χ3n) is 10.9. The Hall–Kier alpha value is -7.73. The Morgan fingerprint density at radius 3 is 1.41 bits per heavy atom. The van der Waals surface area contributed by atoms with Crippen molar-refractivity contribution in [2.45, 2.75) is 51.4 Å². The molecule has 7 aromatic rings. The predicted octanol–water partition coefficient (Wildman–Crippen LogP) is 13.5. The summed E-state index contributed by atoms with van der Waals surface area (Å²) in [6, 6.07) is 41.9. The number of nitrogens with zero attached hydrogens (tertiary/aromatic N) is 1. The summed E-state index contributed by atoms with van der Waals surface area (Å²) in [6.45, 7) is 11.4. The number of hydrogen-bond acceptors (Lipinski definition) is 10. The maximum atomic E-state index is 13.6. The minimum Gasteiger partial charge on any atom is -0.494 e. The SMILES string of the molecule is C=CCOCCCCCCOc1ccc(C#Cc2ccc(C(=O)Oc3ccc(OC(=O)c4ccc(C#Cc5ccc(OCCCCCCOCC=C)cc5)cc4)c(-c4nc5ccccc5s4)c3)cc2)cc1. The van der Waals surface area contributed by atoms with Gasteiger partial charge in [0.25, 0.3) is 0 Å². The molecule has 9 nitrogen and oxygen atoms in total. The van der Waals surface area contributed by atoms with Gasteiger partial charge < -0.3 is 28.4 Å². The van der Waals surface area contributed by atoms with Gasteiger partial charge in [-0.3, -0.25) is 0 Å². The molecule has 1 heterocycles. The Balaban J connectivity index is 0.920. The number of fused-ring (bicyclic) bond motifs is 1. The number of carbonyl (C=O) groups excluding carboxylic acids is 2. The van der Waals surface area contributed by atoms with Gasteiger partial charge in [0.15, 0.2) is 0 Å². The maximum Gasteiger partial charge on any atom is 0.343 e. The van der Waals surface area contributed by atoms with Crippen LogP contribution in [0.15, 0.2) is 165 Å². The van der Waals surface area contributed by atoms with E-state index in [0.717, 1.165) is 109 Å². The molecule has 0 radical (unpaired) electrons. The highest BCUT2D eigenvalue weighted by molar-refractivity contribution is 7.21. The van der Waals surface area contributed by atoms with Gasteiger partial charge in [-0.05, 0) is 166 Å². The molecule has 10 heteroatoms. The monoisotopic (exact) mass is 963 g/mol. The van der Waals surface area contributed by atoms with Crippen molar-refractivity contribution in [1.82, 2.24) is 4.98 Å². The summed E-state index contributed by atoms with van der Waals surface area (Å²) in [6.07, 6.45) is 12.0. The van der Waals surface area contributed by atoms with Crippen molar-refractivity contribution in [1.29, 1.82) is 0 Å². The van der Waals surface area contributed by atoms with Gasteiger partial charge in [0.05, 0.1) is 53.3 Å². The number of carbonyl (C=O) groups is 2. The van der Waals surface area contributed by atoms with Crippen LogP contribution in [0, 0.1) is 23.7 Å². The van der Waals surface area contributed by atoms with E-state index in [1.807, 2.05) is 72.8 Å². The van der Waals surface area contributed by atoms with E-state index in [0.29, 0.717) is 48.1 Å². The number of benzene rings is 6. The normalized spacial score (nSPS) is 10.6. The lowest BCUT2D eigenvalue weighted by molar-refractivity contribution is 0.0720. The zero-order valence-electron chi connectivity index (χ0n) is 39.9. The third kappa shape index (κ3) is 16.7. The highest BCUT2D eigenvalue weighted by Gasteiger charge is 2.19. The molecule has 0 aliphatic carbocycles. The van der Waals surface area contributed by atoms with Crippen LogP contribution in [0.3, 0.4) is 0 Å². The first-order valence-corrected chi connectivity index (χ1v) is 24.8. The van der Waals surface area contributed by atoms with Gasteiger partial charge in [-0.15, -0.1) is 24.5 Å². The molecule has 0 bridgehead atoms. The standard InChI is InChI=1S/C61H57NO8S/c1-3-39-65-41-11-5-7-13-43-67-52-33-25-48(26-34-52)19-17-46-21-29-50(30-22-46)60(63)69-54-37-38-57(55(45-54)59-62-56-15-9-10-16-58(56)71-59)70-61(64)51-31-23-47(24-32-51)18-20-49-27-35-53(36-28-49)68-44-14-8-6-12-42-66-40-4-2/h3-4,9-10,15-16,21-38,45H,1-2,5-8,11-14,39-44H2. The van der Waals surface area contributed by atoms with Crippen LogP contribution in [0.1, 0.15) is 94.3 Å². The highest BCUT2D eigenvalue weighted by Crippen LogP contribution is 2.38. The first kappa shape index (κ1) is 51.1. The van der Waals surface area contributed by atoms with E-state index < -0.39 is 11.9 Å². The number of ether oxygens (including phenoxy) is 6. The molecule has 0 aliphatic heterocycles. The third-order valence-corrected chi connectivity index (χ3v) is 12.0. The molecular formula is C61H57NO8S. The van der Waals surface area contributed by atoms with Crippen LogP contribution in [0.5, 0.6) is 23.0 Å². The quantitative estimate of drug-likeness (QED) is 0.0182. The van der Waals surface area contributed by atoms with Gasteiger partial charge in [0.1, 0.15) is 28.0 Å². The first-order chi connectivity index (χ1) is 34.9. The molecular weight excluding hydrogens is 907 g/mol. The second-order valence-electron chi connectivity index (χ2n) is 16.4. The molecule has 0 unspecified atom stereocenters. The highest BCUT2D eigenvalue weighted by atomic mass is 32.1. The average molecular weight is 964 g/mol. The smallest absolute Gasteiger partial charge is 0.343 e. The molecule has 0 spiro atoms. The second kappa shape index (κ2) is 28.1. The van der Waals surface area contributed by atoms with Crippen LogP contribution in [-0.2, 0) is 9.47 Å². The van der Waals surface area contributed by atoms with E-state index in [1.165, 1.54) is 11.3 Å². The summed E-state index contributed by atoms with van der Waals surface area (Å²) in [5.74, 6) is 13.7. The number of rotatable bonds is 25. The van der Waals surface area contributed by atoms with Crippen molar-refractivity contribution < 1.29 is 38.0 Å². The summed E-state index contributed by atoms with van der Waals surface area (Å²) in [5, 5.41) is 0.604. The molecule has 360 valence electrons. The van der Waals surface area contributed by atoms with Crippen LogP contribution in [0.4, 0.5) is 0 Å². The van der Waals surface area contributed by atoms with Crippen LogP contribution < -0.4 is 18.9 Å². The average Bonchev–Trinajstić information content (AvgIpc) is 3.85. The summed E-state index contributed by atoms with van der Waals surface area (Å²) >= 11 is 1.44. The van der Waals surface area contributed by atoms with Crippen LogP contribution in [0.2, 0.25) is 0 Å². The lowest BCUT2D eigenvalue weighted by Crippen LogP contribution is -2.10. The fraction of sp³-hybridized carbons (Fsp3) is 0.230. The maximum absolute atomic E-state index is 13.6. The van der Waals surface area contributed by atoms with E-state index in [9.17, 15) is 9.59 Å². The lowest BCUT2D eigenvalue weighted by atomic mass is 10.1. The summed E-state index contributed by atoms with van der Waals surface area (Å²) < 4.78 is 35.5.